The summed E-state index contributed by atoms with van der Waals surface area (Å²) >= 11 is 7.38. The van der Waals surface area contributed by atoms with Crippen molar-refractivity contribution in [2.24, 2.45) is 5.84 Å². The highest BCUT2D eigenvalue weighted by molar-refractivity contribution is 7.16. The van der Waals surface area contributed by atoms with Crippen LogP contribution in [-0.4, -0.2) is 17.9 Å². The van der Waals surface area contributed by atoms with Gasteiger partial charge < -0.3 is 0 Å². The molecule has 0 spiro atoms. The number of hydrogen-bond acceptors (Lipinski definition) is 4. The molecule has 0 fully saturated rings. The van der Waals surface area contributed by atoms with Gasteiger partial charge in [-0.05, 0) is 37.4 Å². The van der Waals surface area contributed by atoms with Gasteiger partial charge >= 0.3 is 0 Å². The molecule has 0 aliphatic heterocycles. The summed E-state index contributed by atoms with van der Waals surface area (Å²) in [6.45, 7) is 1.04. The second-order valence-electron chi connectivity index (χ2n) is 4.66. The highest BCUT2D eigenvalue weighted by Gasteiger charge is 2.11. The van der Waals surface area contributed by atoms with Crippen LogP contribution in [0.2, 0.25) is 4.34 Å². The van der Waals surface area contributed by atoms with Crippen LogP contribution >= 0.6 is 22.9 Å². The van der Waals surface area contributed by atoms with E-state index in [2.05, 4.69) is 0 Å². The van der Waals surface area contributed by atoms with Gasteiger partial charge in [-0.1, -0.05) is 11.6 Å². The predicted molar refractivity (Wildman–Crippen MR) is 82.6 cm³/mol. The number of benzene rings is 1. The van der Waals surface area contributed by atoms with Gasteiger partial charge in [-0.25, -0.2) is 10.2 Å². The topological polar surface area (TPSA) is 58.4 Å². The van der Waals surface area contributed by atoms with E-state index in [1.165, 1.54) is 29.5 Å². The molecule has 0 aliphatic rings. The van der Waals surface area contributed by atoms with Crippen molar-refractivity contribution in [1.82, 2.24) is 10.3 Å². The van der Waals surface area contributed by atoms with Gasteiger partial charge in [0.25, 0.3) is 5.91 Å². The quantitative estimate of drug-likeness (QED) is 0.504. The summed E-state index contributed by atoms with van der Waals surface area (Å²) in [6, 6.07) is 7.96. The number of thiophene rings is 1. The zero-order valence-electron chi connectivity index (χ0n) is 11.4. The van der Waals surface area contributed by atoms with Crippen LogP contribution in [0.1, 0.15) is 20.8 Å². The van der Waals surface area contributed by atoms with E-state index in [1.54, 1.807) is 0 Å². The monoisotopic (exact) mass is 327 g/mol. The van der Waals surface area contributed by atoms with E-state index in [1.807, 2.05) is 29.5 Å². The maximum absolute atomic E-state index is 13.8. The van der Waals surface area contributed by atoms with E-state index in [-0.39, 0.29) is 5.82 Å². The standard InChI is InChI=1S/C14H15ClFN3OS/c1-19(8-11-3-5-13(15)21-11)7-10-6-9(14(20)18-17)2-4-12(10)16/h2-6H,7-8,17H2,1H3,(H,18,20). The summed E-state index contributed by atoms with van der Waals surface area (Å²) in [4.78, 5) is 14.5. The lowest BCUT2D eigenvalue weighted by molar-refractivity contribution is 0.0953. The zero-order valence-corrected chi connectivity index (χ0v) is 13.0. The van der Waals surface area contributed by atoms with Crippen molar-refractivity contribution in [2.45, 2.75) is 13.1 Å². The van der Waals surface area contributed by atoms with Crippen molar-refractivity contribution in [3.8, 4) is 0 Å². The van der Waals surface area contributed by atoms with Crippen molar-refractivity contribution in [3.63, 3.8) is 0 Å². The average Bonchev–Trinajstić information content (AvgIpc) is 2.85. The first-order valence-electron chi connectivity index (χ1n) is 6.21. The summed E-state index contributed by atoms with van der Waals surface area (Å²) in [6.07, 6.45) is 0. The Bertz CT molecular complexity index is 647. The Labute approximate surface area is 131 Å². The summed E-state index contributed by atoms with van der Waals surface area (Å²) < 4.78 is 14.6. The van der Waals surface area contributed by atoms with Crippen molar-refractivity contribution in [2.75, 3.05) is 7.05 Å². The van der Waals surface area contributed by atoms with Crippen molar-refractivity contribution in [1.29, 1.82) is 0 Å². The molecule has 0 saturated carbocycles. The largest absolute Gasteiger partial charge is 0.297 e. The zero-order chi connectivity index (χ0) is 15.4. The molecule has 4 nitrogen and oxygen atoms in total. The number of carbonyl (C=O) groups is 1. The van der Waals surface area contributed by atoms with E-state index in [0.717, 1.165) is 9.21 Å². The van der Waals surface area contributed by atoms with Crippen LogP contribution in [-0.2, 0) is 13.1 Å². The fourth-order valence-corrected chi connectivity index (χ4v) is 3.14. The van der Waals surface area contributed by atoms with Gasteiger partial charge in [0.15, 0.2) is 0 Å². The van der Waals surface area contributed by atoms with Crippen LogP contribution < -0.4 is 11.3 Å². The molecule has 0 saturated heterocycles. The van der Waals surface area contributed by atoms with E-state index in [0.29, 0.717) is 24.2 Å². The highest BCUT2D eigenvalue weighted by Crippen LogP contribution is 2.23. The van der Waals surface area contributed by atoms with Gasteiger partial charge in [-0.3, -0.25) is 15.1 Å². The molecule has 0 radical (unpaired) electrons. The van der Waals surface area contributed by atoms with E-state index in [4.69, 9.17) is 17.4 Å². The fourth-order valence-electron chi connectivity index (χ4n) is 1.97. The van der Waals surface area contributed by atoms with Gasteiger partial charge in [0.2, 0.25) is 0 Å². The lowest BCUT2D eigenvalue weighted by Gasteiger charge is -2.16. The molecule has 2 aromatic rings. The molecule has 0 bridgehead atoms. The average molecular weight is 328 g/mol. The normalized spacial score (nSPS) is 10.9. The van der Waals surface area contributed by atoms with Gasteiger partial charge in [-0.15, -0.1) is 11.3 Å². The van der Waals surface area contributed by atoms with Crippen LogP contribution in [0.5, 0.6) is 0 Å². The Morgan fingerprint density at radius 2 is 2.14 bits per heavy atom. The van der Waals surface area contributed by atoms with Crippen LogP contribution in [0.4, 0.5) is 4.39 Å². The number of hydrazine groups is 1. The molecular weight excluding hydrogens is 313 g/mol. The van der Waals surface area contributed by atoms with Crippen LogP contribution in [0.15, 0.2) is 30.3 Å². The number of amides is 1. The molecule has 2 rings (SSSR count). The highest BCUT2D eigenvalue weighted by atomic mass is 35.5. The minimum Gasteiger partial charge on any atom is -0.297 e. The first kappa shape index (κ1) is 15.9. The molecule has 0 unspecified atom stereocenters. The Morgan fingerprint density at radius 3 is 2.76 bits per heavy atom. The molecular formula is C14H15ClFN3OS. The molecule has 7 heteroatoms. The van der Waals surface area contributed by atoms with E-state index >= 15 is 0 Å². The van der Waals surface area contributed by atoms with E-state index in [9.17, 15) is 9.18 Å². The molecule has 0 atom stereocenters. The summed E-state index contributed by atoms with van der Waals surface area (Å²) in [5, 5.41) is 0. The third-order valence-electron chi connectivity index (χ3n) is 2.93. The number of nitrogens with two attached hydrogens (primary N) is 1. The Kier molecular flexibility index (Phi) is 5.30. The minimum absolute atomic E-state index is 0.335. The fraction of sp³-hybridized carbons (Fsp3) is 0.214. The molecule has 0 aliphatic carbocycles. The number of halogens is 2. The second-order valence-corrected chi connectivity index (χ2v) is 6.46. The third-order valence-corrected chi connectivity index (χ3v) is 4.15. The predicted octanol–water partition coefficient (Wildman–Crippen LogP) is 2.78. The molecule has 21 heavy (non-hydrogen) atoms. The number of hydrogen-bond donors (Lipinski definition) is 2. The first-order chi connectivity index (χ1) is 9.99. The smallest absolute Gasteiger partial charge is 0.265 e. The molecule has 1 aromatic carbocycles. The second kappa shape index (κ2) is 7.00. The van der Waals surface area contributed by atoms with Crippen molar-refractivity contribution >= 4 is 28.8 Å². The van der Waals surface area contributed by atoms with E-state index < -0.39 is 5.91 Å². The van der Waals surface area contributed by atoms with Crippen molar-refractivity contribution < 1.29 is 9.18 Å². The molecule has 3 N–H and O–H groups in total. The van der Waals surface area contributed by atoms with Crippen molar-refractivity contribution in [3.05, 3.63) is 56.5 Å². The number of nitrogen functional groups attached to an aromatic ring is 1. The molecule has 1 amide bonds. The van der Waals surface area contributed by atoms with Crippen LogP contribution in [0.3, 0.4) is 0 Å². The SMILES string of the molecule is CN(Cc1ccc(Cl)s1)Cc1cc(C(=O)NN)ccc1F. The lowest BCUT2D eigenvalue weighted by atomic mass is 10.1. The Balaban J connectivity index is 2.09. The number of nitrogens with one attached hydrogen (secondary N) is 1. The first-order valence-corrected chi connectivity index (χ1v) is 7.41. The number of rotatable bonds is 5. The molecule has 112 valence electrons. The molecule has 1 heterocycles. The summed E-state index contributed by atoms with van der Waals surface area (Å²) in [5.74, 6) is 4.29. The van der Waals surface area contributed by atoms with Crippen LogP contribution in [0.25, 0.3) is 0 Å². The lowest BCUT2D eigenvalue weighted by Crippen LogP contribution is -2.30. The van der Waals surface area contributed by atoms with Crippen LogP contribution in [0, 0.1) is 5.82 Å². The Morgan fingerprint density at radius 1 is 1.38 bits per heavy atom. The maximum Gasteiger partial charge on any atom is 0.265 e. The third kappa shape index (κ3) is 4.25. The van der Waals surface area contributed by atoms with Gasteiger partial charge in [-0.2, -0.15) is 0 Å². The Hall–Kier alpha value is -1.47. The maximum atomic E-state index is 13.8. The van der Waals surface area contributed by atoms with Gasteiger partial charge in [0.1, 0.15) is 5.82 Å². The summed E-state index contributed by atoms with van der Waals surface area (Å²) in [7, 11) is 1.88. The summed E-state index contributed by atoms with van der Waals surface area (Å²) in [5.41, 5.74) is 2.82. The van der Waals surface area contributed by atoms with Gasteiger partial charge in [0, 0.05) is 29.1 Å². The number of nitrogens with zero attached hydrogens (tertiary/aromatic N) is 1. The molecule has 1 aromatic heterocycles. The number of carbonyl (C=O) groups excluding carboxylic acids is 1. The van der Waals surface area contributed by atoms with Gasteiger partial charge in [0.05, 0.1) is 4.34 Å². The minimum atomic E-state index is -0.441.